The van der Waals surface area contributed by atoms with Gasteiger partial charge in [-0.15, -0.1) is 0 Å². The topological polar surface area (TPSA) is 103 Å². The zero-order chi connectivity index (χ0) is 25.3. The van der Waals surface area contributed by atoms with Gasteiger partial charge in [-0.2, -0.15) is 0 Å². The second-order valence-corrected chi connectivity index (χ2v) is 8.61. The molecule has 0 radical (unpaired) electrons. The largest absolute Gasteiger partial charge is 0.493 e. The van der Waals surface area contributed by atoms with E-state index in [1.165, 1.54) is 6.21 Å². The SMILES string of the molecule is CN/C=C(\C=N)c1ccc(CNc2cc(-c3cnc4cc(OCCCN(C)C)ccn34)ncn2)cc1. The lowest BCUT2D eigenvalue weighted by Gasteiger charge is -2.11. The lowest BCUT2D eigenvalue weighted by Crippen LogP contribution is -2.15. The highest BCUT2D eigenvalue weighted by atomic mass is 16.5. The van der Waals surface area contributed by atoms with Crippen LogP contribution in [0.3, 0.4) is 0 Å². The van der Waals surface area contributed by atoms with Crippen molar-refractivity contribution in [3.8, 4) is 17.1 Å². The van der Waals surface area contributed by atoms with Crippen LogP contribution in [0.15, 0.2) is 67.4 Å². The summed E-state index contributed by atoms with van der Waals surface area (Å²) in [5.41, 5.74) is 5.40. The van der Waals surface area contributed by atoms with Crippen LogP contribution in [0.1, 0.15) is 17.5 Å². The summed E-state index contributed by atoms with van der Waals surface area (Å²) >= 11 is 0. The van der Waals surface area contributed by atoms with Gasteiger partial charge in [0.2, 0.25) is 0 Å². The molecule has 3 heterocycles. The number of aromatic nitrogens is 4. The second kappa shape index (κ2) is 11.9. The molecule has 0 aliphatic heterocycles. The monoisotopic (exact) mass is 484 g/mol. The van der Waals surface area contributed by atoms with E-state index in [9.17, 15) is 0 Å². The average Bonchev–Trinajstić information content (AvgIpc) is 3.32. The molecule has 186 valence electrons. The summed E-state index contributed by atoms with van der Waals surface area (Å²) in [6.45, 7) is 2.28. The van der Waals surface area contributed by atoms with E-state index in [1.54, 1.807) is 6.33 Å². The number of pyridine rings is 1. The molecule has 3 N–H and O–H groups in total. The number of nitrogens with zero attached hydrogens (tertiary/aromatic N) is 5. The zero-order valence-electron chi connectivity index (χ0n) is 20.9. The molecule has 3 aromatic heterocycles. The summed E-state index contributed by atoms with van der Waals surface area (Å²) in [6, 6.07) is 13.9. The Kier molecular flexibility index (Phi) is 8.25. The predicted molar refractivity (Wildman–Crippen MR) is 144 cm³/mol. The number of imidazole rings is 1. The minimum Gasteiger partial charge on any atom is -0.493 e. The van der Waals surface area contributed by atoms with Crippen molar-refractivity contribution < 1.29 is 4.74 Å². The molecular formula is C27H32N8O. The van der Waals surface area contributed by atoms with Gasteiger partial charge in [-0.05, 0) is 37.7 Å². The minimum atomic E-state index is 0.619. The van der Waals surface area contributed by atoms with E-state index in [2.05, 4.69) is 44.6 Å². The molecule has 1 aromatic carbocycles. The molecule has 9 heteroatoms. The van der Waals surface area contributed by atoms with Gasteiger partial charge >= 0.3 is 0 Å². The average molecular weight is 485 g/mol. The van der Waals surface area contributed by atoms with E-state index >= 15 is 0 Å². The fourth-order valence-electron chi connectivity index (χ4n) is 3.78. The van der Waals surface area contributed by atoms with Crippen LogP contribution < -0.4 is 15.4 Å². The molecule has 9 nitrogen and oxygen atoms in total. The van der Waals surface area contributed by atoms with Gasteiger partial charge < -0.3 is 25.7 Å². The molecule has 36 heavy (non-hydrogen) atoms. The van der Waals surface area contributed by atoms with Crippen LogP contribution in [-0.2, 0) is 6.54 Å². The number of benzene rings is 1. The Morgan fingerprint density at radius 3 is 2.69 bits per heavy atom. The molecule has 4 aromatic rings. The Balaban J connectivity index is 1.42. The number of rotatable bonds is 12. The first-order valence-corrected chi connectivity index (χ1v) is 11.9. The quantitative estimate of drug-likeness (QED) is 0.207. The molecule has 0 atom stereocenters. The van der Waals surface area contributed by atoms with Crippen LogP contribution in [0, 0.1) is 5.41 Å². The van der Waals surface area contributed by atoms with Crippen molar-refractivity contribution in [1.29, 1.82) is 5.41 Å². The zero-order valence-corrected chi connectivity index (χ0v) is 20.9. The maximum absolute atomic E-state index is 7.56. The van der Waals surface area contributed by atoms with Crippen LogP contribution in [-0.4, -0.2) is 64.8 Å². The lowest BCUT2D eigenvalue weighted by atomic mass is 10.1. The van der Waals surface area contributed by atoms with Crippen molar-refractivity contribution in [2.24, 2.45) is 0 Å². The summed E-state index contributed by atoms with van der Waals surface area (Å²) in [6.07, 6.45) is 9.45. The van der Waals surface area contributed by atoms with Gasteiger partial charge in [-0.25, -0.2) is 15.0 Å². The highest BCUT2D eigenvalue weighted by Gasteiger charge is 2.10. The highest BCUT2D eigenvalue weighted by molar-refractivity contribution is 6.08. The summed E-state index contributed by atoms with van der Waals surface area (Å²) in [7, 11) is 5.94. The predicted octanol–water partition coefficient (Wildman–Crippen LogP) is 3.94. The number of fused-ring (bicyclic) bond motifs is 1. The van der Waals surface area contributed by atoms with Crippen molar-refractivity contribution in [1.82, 2.24) is 29.6 Å². The molecule has 4 rings (SSSR count). The van der Waals surface area contributed by atoms with E-state index in [4.69, 9.17) is 10.1 Å². The van der Waals surface area contributed by atoms with Crippen LogP contribution in [0.4, 0.5) is 5.82 Å². The summed E-state index contributed by atoms with van der Waals surface area (Å²) in [5.74, 6) is 1.54. The van der Waals surface area contributed by atoms with Crippen molar-refractivity contribution in [3.05, 3.63) is 78.5 Å². The van der Waals surface area contributed by atoms with Gasteiger partial charge in [0.1, 0.15) is 23.5 Å². The third kappa shape index (κ3) is 6.25. The second-order valence-electron chi connectivity index (χ2n) is 8.61. The van der Waals surface area contributed by atoms with Crippen LogP contribution in [0.5, 0.6) is 5.75 Å². The molecule has 0 bridgehead atoms. The number of ether oxygens (including phenoxy) is 1. The lowest BCUT2D eigenvalue weighted by molar-refractivity contribution is 0.281. The summed E-state index contributed by atoms with van der Waals surface area (Å²) in [4.78, 5) is 15.5. The number of allylic oxidation sites excluding steroid dienone is 1. The number of anilines is 1. The first-order valence-electron chi connectivity index (χ1n) is 11.9. The van der Waals surface area contributed by atoms with E-state index in [0.717, 1.165) is 58.3 Å². The Hall–Kier alpha value is -4.24. The van der Waals surface area contributed by atoms with Crippen molar-refractivity contribution in [3.63, 3.8) is 0 Å². The van der Waals surface area contributed by atoms with E-state index in [1.807, 2.05) is 72.5 Å². The molecule has 0 aliphatic carbocycles. The van der Waals surface area contributed by atoms with E-state index < -0.39 is 0 Å². The fraction of sp³-hybridized carbons (Fsp3) is 0.259. The maximum atomic E-state index is 7.56. The molecule has 0 amide bonds. The third-order valence-corrected chi connectivity index (χ3v) is 5.65. The Morgan fingerprint density at radius 2 is 1.94 bits per heavy atom. The number of hydrogen-bond acceptors (Lipinski definition) is 8. The molecule has 0 spiro atoms. The summed E-state index contributed by atoms with van der Waals surface area (Å²) in [5, 5.41) is 13.9. The fourth-order valence-corrected chi connectivity index (χ4v) is 3.78. The first-order chi connectivity index (χ1) is 17.6. The molecule has 0 saturated heterocycles. The maximum Gasteiger partial charge on any atom is 0.140 e. The Morgan fingerprint density at radius 1 is 1.11 bits per heavy atom. The van der Waals surface area contributed by atoms with Crippen molar-refractivity contribution in [2.75, 3.05) is 39.6 Å². The van der Waals surface area contributed by atoms with Crippen LogP contribution in [0.2, 0.25) is 0 Å². The Bertz CT molecular complexity index is 1330. The Labute approximate surface area is 211 Å². The van der Waals surface area contributed by atoms with Gasteiger partial charge in [-0.3, -0.25) is 4.40 Å². The molecule has 0 fully saturated rings. The highest BCUT2D eigenvalue weighted by Crippen LogP contribution is 2.23. The van der Waals surface area contributed by atoms with Gasteiger partial charge in [0.15, 0.2) is 0 Å². The standard InChI is InChI=1S/C27H32N8O/c1-29-17-22(15-28)21-7-5-20(6-8-21)16-30-26-14-24(32-19-33-26)25-18-31-27-13-23(9-11-35(25)27)36-12-4-10-34(2)3/h5-9,11,13-15,17-19,28-29H,4,10,12,16H2,1-3H3,(H,30,32,33)/b22-17+,28-15?. The van der Waals surface area contributed by atoms with Gasteiger partial charge in [0.05, 0.1) is 24.2 Å². The first kappa shape index (κ1) is 24.9. The summed E-state index contributed by atoms with van der Waals surface area (Å²) < 4.78 is 7.88. The van der Waals surface area contributed by atoms with Crippen LogP contribution >= 0.6 is 0 Å². The van der Waals surface area contributed by atoms with Gasteiger partial charge in [-0.1, -0.05) is 24.3 Å². The normalized spacial score (nSPS) is 11.6. The van der Waals surface area contributed by atoms with E-state index in [0.29, 0.717) is 13.2 Å². The molecular weight excluding hydrogens is 452 g/mol. The number of nitrogens with one attached hydrogen (secondary N) is 3. The van der Waals surface area contributed by atoms with Gasteiger partial charge in [0.25, 0.3) is 0 Å². The third-order valence-electron chi connectivity index (χ3n) is 5.65. The van der Waals surface area contributed by atoms with E-state index in [-0.39, 0.29) is 0 Å². The minimum absolute atomic E-state index is 0.619. The molecule has 0 unspecified atom stereocenters. The van der Waals surface area contributed by atoms with Crippen molar-refractivity contribution in [2.45, 2.75) is 13.0 Å². The molecule has 0 saturated carbocycles. The van der Waals surface area contributed by atoms with Gasteiger partial charge in [0, 0.05) is 56.5 Å². The smallest absolute Gasteiger partial charge is 0.140 e. The van der Waals surface area contributed by atoms with Crippen molar-refractivity contribution >= 4 is 23.3 Å². The molecule has 0 aliphatic rings. The van der Waals surface area contributed by atoms with Crippen LogP contribution in [0.25, 0.3) is 22.6 Å². The number of hydrogen-bond donors (Lipinski definition) is 3.